The third-order valence-corrected chi connectivity index (χ3v) is 3.74. The van der Waals surface area contributed by atoms with Gasteiger partial charge in [-0.05, 0) is 36.4 Å². The fourth-order valence-corrected chi connectivity index (χ4v) is 2.38. The van der Waals surface area contributed by atoms with E-state index in [2.05, 4.69) is 23.7 Å². The van der Waals surface area contributed by atoms with Crippen LogP contribution < -0.4 is 18.9 Å². The van der Waals surface area contributed by atoms with E-state index in [4.69, 9.17) is 18.9 Å². The Labute approximate surface area is 169 Å². The molecule has 0 aliphatic heterocycles. The van der Waals surface area contributed by atoms with Gasteiger partial charge in [0.05, 0.1) is 39.4 Å². The quantitative estimate of drug-likeness (QED) is 0.439. The van der Waals surface area contributed by atoms with Crippen molar-refractivity contribution in [1.29, 1.82) is 0 Å². The van der Waals surface area contributed by atoms with Crippen LogP contribution in [0.4, 0.5) is 5.69 Å². The number of nitro benzene ring substituents is 1. The topological polar surface area (TPSA) is 80.1 Å². The van der Waals surface area contributed by atoms with Gasteiger partial charge in [-0.1, -0.05) is 23.7 Å². The highest BCUT2D eigenvalue weighted by molar-refractivity contribution is 5.58. The van der Waals surface area contributed by atoms with Gasteiger partial charge in [0.2, 0.25) is 5.75 Å². The largest absolute Gasteiger partial charge is 0.497 e. The third-order valence-electron chi connectivity index (χ3n) is 3.74. The highest BCUT2D eigenvalue weighted by Gasteiger charge is 2.13. The minimum Gasteiger partial charge on any atom is -0.497 e. The Morgan fingerprint density at radius 2 is 1.48 bits per heavy atom. The average molecular weight is 393 g/mol. The Kier molecular flexibility index (Phi) is 7.52. The molecule has 2 aromatic carbocycles. The number of methoxy groups -OCH3 is 4. The number of rotatable bonds is 5. The van der Waals surface area contributed by atoms with Gasteiger partial charge in [0.1, 0.15) is 11.3 Å². The fourth-order valence-electron chi connectivity index (χ4n) is 2.38. The summed E-state index contributed by atoms with van der Waals surface area (Å²) in [7, 11) is 6.03. The standard InChI is InChI=1S/C22H19NO6/c1-26-18-12-11-17(19(15-18)23(24)25)10-8-6-5-7-9-16-13-20(27-2)22(29-4)21(14-16)28-3/h5-6,11-15H,1-4H3/b6-5-. The Morgan fingerprint density at radius 3 is 2.00 bits per heavy atom. The number of hydrogen-bond donors (Lipinski definition) is 0. The summed E-state index contributed by atoms with van der Waals surface area (Å²) < 4.78 is 20.8. The Bertz CT molecular complexity index is 1030. The van der Waals surface area contributed by atoms with E-state index in [1.54, 1.807) is 30.3 Å². The first-order valence-electron chi connectivity index (χ1n) is 8.34. The van der Waals surface area contributed by atoms with Gasteiger partial charge in [-0.25, -0.2) is 0 Å². The summed E-state index contributed by atoms with van der Waals surface area (Å²) >= 11 is 0. The first-order valence-corrected chi connectivity index (χ1v) is 8.34. The second-order valence-corrected chi connectivity index (χ2v) is 5.43. The van der Waals surface area contributed by atoms with E-state index in [1.807, 2.05) is 0 Å². The number of nitro groups is 1. The first kappa shape index (κ1) is 21.2. The number of allylic oxidation sites excluding steroid dienone is 2. The molecule has 0 atom stereocenters. The molecule has 0 unspecified atom stereocenters. The van der Waals surface area contributed by atoms with Gasteiger partial charge >= 0.3 is 0 Å². The van der Waals surface area contributed by atoms with Crippen molar-refractivity contribution in [3.63, 3.8) is 0 Å². The van der Waals surface area contributed by atoms with Crippen molar-refractivity contribution in [3.8, 4) is 46.7 Å². The molecule has 0 fully saturated rings. The van der Waals surface area contributed by atoms with Crippen LogP contribution in [-0.2, 0) is 0 Å². The van der Waals surface area contributed by atoms with E-state index >= 15 is 0 Å². The Balaban J connectivity index is 2.20. The molecule has 2 rings (SSSR count). The summed E-state index contributed by atoms with van der Waals surface area (Å²) in [5.74, 6) is 13.2. The molecule has 0 radical (unpaired) electrons. The molecule has 0 saturated heterocycles. The molecule has 7 heteroatoms. The lowest BCUT2D eigenvalue weighted by molar-refractivity contribution is -0.385. The molecule has 0 bridgehead atoms. The van der Waals surface area contributed by atoms with Gasteiger partial charge in [0, 0.05) is 5.56 Å². The van der Waals surface area contributed by atoms with Crippen LogP contribution in [0.1, 0.15) is 11.1 Å². The lowest BCUT2D eigenvalue weighted by Gasteiger charge is -2.12. The van der Waals surface area contributed by atoms with E-state index in [0.29, 0.717) is 28.6 Å². The zero-order valence-corrected chi connectivity index (χ0v) is 16.4. The summed E-state index contributed by atoms with van der Waals surface area (Å²) in [6.45, 7) is 0. The predicted octanol–water partition coefficient (Wildman–Crippen LogP) is 3.59. The van der Waals surface area contributed by atoms with Crippen molar-refractivity contribution >= 4 is 5.69 Å². The molecular weight excluding hydrogens is 374 g/mol. The van der Waals surface area contributed by atoms with Crippen LogP contribution in [0.2, 0.25) is 0 Å². The summed E-state index contributed by atoms with van der Waals surface area (Å²) in [5.41, 5.74) is 0.842. The summed E-state index contributed by atoms with van der Waals surface area (Å²) in [6, 6.07) is 7.95. The Morgan fingerprint density at radius 1 is 0.862 bits per heavy atom. The second-order valence-electron chi connectivity index (χ2n) is 5.43. The molecule has 0 spiro atoms. The third kappa shape index (κ3) is 5.44. The molecule has 0 aromatic heterocycles. The van der Waals surface area contributed by atoms with Gasteiger partial charge in [-0.15, -0.1) is 0 Å². The molecule has 0 saturated carbocycles. The molecule has 0 heterocycles. The van der Waals surface area contributed by atoms with Crippen LogP contribution in [0.25, 0.3) is 0 Å². The van der Waals surface area contributed by atoms with Crippen molar-refractivity contribution in [1.82, 2.24) is 0 Å². The zero-order chi connectivity index (χ0) is 21.2. The molecule has 148 valence electrons. The maximum atomic E-state index is 11.1. The van der Waals surface area contributed by atoms with Crippen molar-refractivity contribution in [2.45, 2.75) is 0 Å². The molecule has 2 aromatic rings. The second kappa shape index (κ2) is 10.3. The number of ether oxygens (including phenoxy) is 4. The lowest BCUT2D eigenvalue weighted by Crippen LogP contribution is -1.95. The van der Waals surface area contributed by atoms with Crippen LogP contribution in [-0.4, -0.2) is 33.4 Å². The van der Waals surface area contributed by atoms with Gasteiger partial charge in [-0.3, -0.25) is 10.1 Å². The SMILES string of the molecule is COc1ccc(C#C/C=C\C#Cc2cc(OC)c(OC)c(OC)c2)c([N+](=O)[O-])c1. The van der Waals surface area contributed by atoms with Crippen LogP contribution in [0, 0.1) is 33.8 Å². The number of nitrogens with zero attached hydrogens (tertiary/aromatic N) is 1. The highest BCUT2D eigenvalue weighted by atomic mass is 16.6. The minimum atomic E-state index is -0.500. The molecule has 0 aliphatic rings. The molecule has 29 heavy (non-hydrogen) atoms. The predicted molar refractivity (Wildman–Crippen MR) is 109 cm³/mol. The molecule has 0 N–H and O–H groups in total. The van der Waals surface area contributed by atoms with Gasteiger partial charge in [-0.2, -0.15) is 0 Å². The van der Waals surface area contributed by atoms with Gasteiger partial charge < -0.3 is 18.9 Å². The molecule has 0 aliphatic carbocycles. The normalized spacial score (nSPS) is 9.66. The average Bonchev–Trinajstić information content (AvgIpc) is 2.75. The molecular formula is C22H19NO6. The monoisotopic (exact) mass is 393 g/mol. The van der Waals surface area contributed by atoms with Crippen LogP contribution in [0.15, 0.2) is 42.5 Å². The van der Waals surface area contributed by atoms with E-state index in [-0.39, 0.29) is 11.3 Å². The lowest BCUT2D eigenvalue weighted by atomic mass is 10.1. The summed E-state index contributed by atoms with van der Waals surface area (Å²) in [5, 5.41) is 11.1. The van der Waals surface area contributed by atoms with Crippen LogP contribution in [0.5, 0.6) is 23.0 Å². The summed E-state index contributed by atoms with van der Waals surface area (Å²) in [6.07, 6.45) is 3.06. The Hall–Kier alpha value is -4.10. The fraction of sp³-hybridized carbons (Fsp3) is 0.182. The van der Waals surface area contributed by atoms with Gasteiger partial charge in [0.15, 0.2) is 11.5 Å². The van der Waals surface area contributed by atoms with Crippen LogP contribution >= 0.6 is 0 Å². The van der Waals surface area contributed by atoms with Gasteiger partial charge in [0.25, 0.3) is 5.69 Å². The van der Waals surface area contributed by atoms with Crippen molar-refractivity contribution in [3.05, 3.63) is 63.7 Å². The van der Waals surface area contributed by atoms with Crippen molar-refractivity contribution in [2.75, 3.05) is 28.4 Å². The van der Waals surface area contributed by atoms with E-state index in [1.165, 1.54) is 40.6 Å². The number of hydrogen-bond acceptors (Lipinski definition) is 6. The van der Waals surface area contributed by atoms with Crippen LogP contribution in [0.3, 0.4) is 0 Å². The first-order chi connectivity index (χ1) is 14.0. The van der Waals surface area contributed by atoms with Crippen molar-refractivity contribution in [2.24, 2.45) is 0 Å². The highest BCUT2D eigenvalue weighted by Crippen LogP contribution is 2.37. The molecule has 7 nitrogen and oxygen atoms in total. The maximum absolute atomic E-state index is 11.1. The van der Waals surface area contributed by atoms with Crippen molar-refractivity contribution < 1.29 is 23.9 Å². The van der Waals surface area contributed by atoms with E-state index in [9.17, 15) is 10.1 Å². The summed E-state index contributed by atoms with van der Waals surface area (Å²) in [4.78, 5) is 10.6. The molecule has 0 amide bonds. The number of benzene rings is 2. The minimum absolute atomic E-state index is 0.117. The zero-order valence-electron chi connectivity index (χ0n) is 16.4. The van der Waals surface area contributed by atoms with E-state index < -0.39 is 4.92 Å². The smallest absolute Gasteiger partial charge is 0.288 e. The maximum Gasteiger partial charge on any atom is 0.288 e. The van der Waals surface area contributed by atoms with E-state index in [0.717, 1.165) is 0 Å².